The fraction of sp³-hybridized carbons (Fsp3) is 0.462. The number of nitro benzene ring substituents is 1. The second kappa shape index (κ2) is 12.9. The first-order valence-corrected chi connectivity index (χ1v) is 12.2. The number of amides is 1. The lowest BCUT2D eigenvalue weighted by Gasteiger charge is -2.42. The van der Waals surface area contributed by atoms with Crippen LogP contribution >= 0.6 is 0 Å². The molecule has 2 N–H and O–H groups in total. The maximum absolute atomic E-state index is 11.8. The molecular weight excluding hydrogens is 482 g/mol. The highest BCUT2D eigenvalue weighted by Crippen LogP contribution is 2.38. The van der Waals surface area contributed by atoms with Crippen LogP contribution in [0.3, 0.4) is 0 Å². The Kier molecular flexibility index (Phi) is 9.67. The van der Waals surface area contributed by atoms with Crippen molar-refractivity contribution in [3.05, 3.63) is 51.6 Å². The van der Waals surface area contributed by atoms with Crippen LogP contribution in [0, 0.1) is 17.0 Å². The minimum Gasteiger partial charge on any atom is -0.502 e. The number of likely N-dealkylation sites (tertiary alicyclic amines) is 1. The molecule has 0 radical (unpaired) electrons. The Labute approximate surface area is 215 Å². The average molecular weight is 516 g/mol. The molecule has 0 bridgehead atoms. The number of aliphatic hydroxyl groups is 1. The first-order valence-electron chi connectivity index (χ1n) is 12.2. The van der Waals surface area contributed by atoms with Crippen molar-refractivity contribution in [3.8, 4) is 17.2 Å². The van der Waals surface area contributed by atoms with Crippen molar-refractivity contribution in [2.45, 2.75) is 57.8 Å². The van der Waals surface area contributed by atoms with Gasteiger partial charge in [0.05, 0.1) is 24.7 Å². The Hall–Kier alpha value is -3.86. The van der Waals surface area contributed by atoms with Gasteiger partial charge in [-0.25, -0.2) is 0 Å². The van der Waals surface area contributed by atoms with E-state index in [4.69, 9.17) is 9.47 Å². The molecule has 1 heterocycles. The van der Waals surface area contributed by atoms with Gasteiger partial charge in [0.2, 0.25) is 6.41 Å². The van der Waals surface area contributed by atoms with Crippen LogP contribution in [0.15, 0.2) is 30.3 Å². The van der Waals surface area contributed by atoms with Crippen molar-refractivity contribution in [2.24, 2.45) is 0 Å². The van der Waals surface area contributed by atoms with E-state index >= 15 is 0 Å². The second-order valence-electron chi connectivity index (χ2n) is 8.97. The monoisotopic (exact) mass is 515 g/mol. The summed E-state index contributed by atoms with van der Waals surface area (Å²) < 4.78 is 11.3. The topological polar surface area (TPSA) is 143 Å². The number of rotatable bonds is 13. The molecule has 200 valence electrons. The number of piperidine rings is 1. The Balaban J connectivity index is 2.05. The SMILES string of the molecule is COc1cc(C)c(N(Cc2ccc(O)c([N+](=O)[O-])c2)C(O)C2CCCCN2C=O)cc1OCCCC=O. The fourth-order valence-corrected chi connectivity index (χ4v) is 4.55. The number of aromatic hydroxyl groups is 1. The number of phenolic OH excluding ortho intramolecular Hbond substituents is 1. The first kappa shape index (κ1) is 27.7. The van der Waals surface area contributed by atoms with Gasteiger partial charge in [0, 0.05) is 37.3 Å². The number of unbranched alkanes of at least 4 members (excludes halogenated alkanes) is 1. The maximum atomic E-state index is 11.8. The summed E-state index contributed by atoms with van der Waals surface area (Å²) in [5.74, 6) is 0.444. The molecular formula is C26H33N3O8. The third kappa shape index (κ3) is 6.67. The number of hydrogen-bond acceptors (Lipinski definition) is 9. The number of nitro groups is 1. The standard InChI is InChI=1S/C26H33N3O8/c1-18-13-24(36-2)25(37-12-6-5-11-30)15-21(18)28(26(33)20-7-3-4-10-27(20)17-31)16-19-8-9-23(32)22(14-19)29(34)35/h8-9,11,13-15,17,20,26,32-33H,3-7,10,12,16H2,1-2H3. The summed E-state index contributed by atoms with van der Waals surface area (Å²) in [6.07, 6.45) is 3.58. The Bertz CT molecular complexity index is 1110. The van der Waals surface area contributed by atoms with Gasteiger partial charge in [-0.15, -0.1) is 0 Å². The zero-order chi connectivity index (χ0) is 26.9. The zero-order valence-corrected chi connectivity index (χ0v) is 21.0. The highest BCUT2D eigenvalue weighted by molar-refractivity contribution is 5.63. The van der Waals surface area contributed by atoms with E-state index in [1.807, 2.05) is 6.92 Å². The molecule has 11 heteroatoms. The Morgan fingerprint density at radius 3 is 2.70 bits per heavy atom. The van der Waals surface area contributed by atoms with Gasteiger partial charge < -0.3 is 34.3 Å². The van der Waals surface area contributed by atoms with Crippen molar-refractivity contribution in [3.63, 3.8) is 0 Å². The minimum atomic E-state index is -1.13. The van der Waals surface area contributed by atoms with Crippen LogP contribution in [0.25, 0.3) is 0 Å². The number of ether oxygens (including phenoxy) is 2. The summed E-state index contributed by atoms with van der Waals surface area (Å²) in [5.41, 5.74) is 1.38. The molecule has 37 heavy (non-hydrogen) atoms. The lowest BCUT2D eigenvalue weighted by atomic mass is 9.99. The van der Waals surface area contributed by atoms with E-state index in [1.165, 1.54) is 19.2 Å². The van der Waals surface area contributed by atoms with E-state index in [1.54, 1.807) is 28.0 Å². The van der Waals surface area contributed by atoms with Crippen LogP contribution in [0.4, 0.5) is 11.4 Å². The number of aryl methyl sites for hydroxylation is 1. The van der Waals surface area contributed by atoms with Crippen molar-refractivity contribution in [1.29, 1.82) is 0 Å². The summed E-state index contributed by atoms with van der Waals surface area (Å²) in [6.45, 7) is 2.71. The quantitative estimate of drug-likeness (QED) is 0.135. The van der Waals surface area contributed by atoms with Gasteiger partial charge in [-0.3, -0.25) is 14.9 Å². The molecule has 1 amide bonds. The molecule has 1 saturated heterocycles. The molecule has 11 nitrogen and oxygen atoms in total. The molecule has 2 aromatic rings. The van der Waals surface area contributed by atoms with Gasteiger partial charge in [0.1, 0.15) is 12.5 Å². The molecule has 2 atom stereocenters. The summed E-state index contributed by atoms with van der Waals surface area (Å²) in [5, 5.41) is 32.9. The number of benzene rings is 2. The van der Waals surface area contributed by atoms with Crippen molar-refractivity contribution < 1.29 is 34.2 Å². The number of phenols is 1. The van der Waals surface area contributed by atoms with Crippen LogP contribution in [-0.2, 0) is 16.1 Å². The smallest absolute Gasteiger partial charge is 0.311 e. The lowest BCUT2D eigenvalue weighted by molar-refractivity contribution is -0.385. The number of nitrogens with zero attached hydrogens (tertiary/aromatic N) is 3. The average Bonchev–Trinajstić information content (AvgIpc) is 2.90. The van der Waals surface area contributed by atoms with Crippen LogP contribution in [0.5, 0.6) is 17.2 Å². The number of aliphatic hydroxyl groups excluding tert-OH is 1. The summed E-state index contributed by atoms with van der Waals surface area (Å²) in [4.78, 5) is 36.4. The van der Waals surface area contributed by atoms with E-state index in [9.17, 15) is 29.9 Å². The predicted octanol–water partition coefficient (Wildman–Crippen LogP) is 3.31. The van der Waals surface area contributed by atoms with Gasteiger partial charge in [-0.05, 0) is 55.9 Å². The highest BCUT2D eigenvalue weighted by Gasteiger charge is 2.33. The Morgan fingerprint density at radius 2 is 2.03 bits per heavy atom. The summed E-state index contributed by atoms with van der Waals surface area (Å²) >= 11 is 0. The molecule has 0 aromatic heterocycles. The number of carbonyl (C=O) groups excluding carboxylic acids is 2. The van der Waals surface area contributed by atoms with E-state index < -0.39 is 28.6 Å². The number of aldehydes is 1. The predicted molar refractivity (Wildman–Crippen MR) is 136 cm³/mol. The number of methoxy groups -OCH3 is 1. The van der Waals surface area contributed by atoms with Crippen molar-refractivity contribution >= 4 is 24.1 Å². The molecule has 1 fully saturated rings. The van der Waals surface area contributed by atoms with E-state index in [2.05, 4.69) is 0 Å². The number of carbonyl (C=O) groups is 2. The Morgan fingerprint density at radius 1 is 1.24 bits per heavy atom. The fourth-order valence-electron chi connectivity index (χ4n) is 4.55. The molecule has 0 aliphatic carbocycles. The van der Waals surface area contributed by atoms with E-state index in [-0.39, 0.29) is 13.2 Å². The third-order valence-electron chi connectivity index (χ3n) is 6.50. The second-order valence-corrected chi connectivity index (χ2v) is 8.97. The van der Waals surface area contributed by atoms with Crippen molar-refractivity contribution in [2.75, 3.05) is 25.2 Å². The van der Waals surface area contributed by atoms with Crippen LogP contribution in [0.1, 0.15) is 43.2 Å². The minimum absolute atomic E-state index is 0.0588. The van der Waals surface area contributed by atoms with E-state index in [0.29, 0.717) is 48.6 Å². The summed E-state index contributed by atoms with van der Waals surface area (Å²) in [6, 6.07) is 7.07. The molecule has 3 rings (SSSR count). The molecule has 0 spiro atoms. The summed E-state index contributed by atoms with van der Waals surface area (Å²) in [7, 11) is 1.51. The molecule has 1 aliphatic rings. The van der Waals surface area contributed by atoms with Crippen LogP contribution in [-0.4, -0.2) is 65.3 Å². The first-order chi connectivity index (χ1) is 17.8. The molecule has 2 unspecified atom stereocenters. The maximum Gasteiger partial charge on any atom is 0.311 e. The van der Waals surface area contributed by atoms with Gasteiger partial charge >= 0.3 is 5.69 Å². The van der Waals surface area contributed by atoms with Gasteiger partial charge in [0.25, 0.3) is 0 Å². The largest absolute Gasteiger partial charge is 0.502 e. The van der Waals surface area contributed by atoms with E-state index in [0.717, 1.165) is 31.1 Å². The van der Waals surface area contributed by atoms with Gasteiger partial charge in [-0.2, -0.15) is 0 Å². The van der Waals surface area contributed by atoms with Crippen LogP contribution in [0.2, 0.25) is 0 Å². The number of anilines is 1. The van der Waals surface area contributed by atoms with Gasteiger partial charge in [0.15, 0.2) is 17.2 Å². The molecule has 0 saturated carbocycles. The highest BCUT2D eigenvalue weighted by atomic mass is 16.6. The van der Waals surface area contributed by atoms with Crippen LogP contribution < -0.4 is 14.4 Å². The number of hydrogen-bond donors (Lipinski definition) is 2. The zero-order valence-electron chi connectivity index (χ0n) is 21.0. The lowest BCUT2D eigenvalue weighted by Crippen LogP contribution is -2.53. The normalized spacial score (nSPS) is 16.1. The molecule has 1 aliphatic heterocycles. The van der Waals surface area contributed by atoms with Crippen molar-refractivity contribution in [1.82, 2.24) is 4.90 Å². The third-order valence-corrected chi connectivity index (χ3v) is 6.50. The molecule has 2 aromatic carbocycles. The van der Waals surface area contributed by atoms with Gasteiger partial charge in [-0.1, -0.05) is 6.07 Å².